The highest BCUT2D eigenvalue weighted by Gasteiger charge is 2.29. The van der Waals surface area contributed by atoms with Crippen LogP contribution in [0.2, 0.25) is 5.02 Å². The van der Waals surface area contributed by atoms with Crippen LogP contribution in [-0.4, -0.2) is 35.4 Å². The number of halogens is 2. The largest absolute Gasteiger partial charge is 0.356 e. The van der Waals surface area contributed by atoms with E-state index in [0.29, 0.717) is 30.4 Å². The average molecular weight is 308 g/mol. The minimum absolute atomic E-state index is 0.127. The lowest BCUT2D eigenvalue weighted by Gasteiger charge is -2.36. The highest BCUT2D eigenvalue weighted by Crippen LogP contribution is 2.25. The molecule has 2 N–H and O–H groups in total. The number of piperazine rings is 1. The van der Waals surface area contributed by atoms with Gasteiger partial charge in [0, 0.05) is 25.8 Å². The highest BCUT2D eigenvalue weighted by atomic mass is 35.5. The Balaban J connectivity index is 1.89. The summed E-state index contributed by atoms with van der Waals surface area (Å²) >= 11 is 5.85. The van der Waals surface area contributed by atoms with Crippen LogP contribution in [0, 0.1) is 5.82 Å². The zero-order valence-electron chi connectivity index (χ0n) is 11.3. The fraction of sp³-hybridized carbons (Fsp3) is 0.267. The number of nitrogens with zero attached hydrogens (tertiary/aromatic N) is 1. The van der Waals surface area contributed by atoms with Crippen LogP contribution in [0.1, 0.15) is 22.1 Å². The van der Waals surface area contributed by atoms with Gasteiger partial charge in [0.05, 0.1) is 11.1 Å². The van der Waals surface area contributed by atoms with Gasteiger partial charge in [-0.25, -0.2) is 4.39 Å². The summed E-state index contributed by atoms with van der Waals surface area (Å²) < 4.78 is 13.4. The number of benzene rings is 1. The Kier molecular flexibility index (Phi) is 3.94. The van der Waals surface area contributed by atoms with Crippen LogP contribution < -0.4 is 5.32 Å². The van der Waals surface area contributed by atoms with Gasteiger partial charge in [0.2, 0.25) is 0 Å². The number of carbonyl (C=O) groups is 1. The number of hydrogen-bond donors (Lipinski definition) is 2. The van der Waals surface area contributed by atoms with Crippen molar-refractivity contribution in [2.75, 3.05) is 19.6 Å². The van der Waals surface area contributed by atoms with Gasteiger partial charge < -0.3 is 15.2 Å². The van der Waals surface area contributed by atoms with Crippen molar-refractivity contribution in [3.8, 4) is 0 Å². The molecule has 1 aromatic heterocycles. The van der Waals surface area contributed by atoms with Crippen molar-refractivity contribution in [2.24, 2.45) is 0 Å². The third kappa shape index (κ3) is 2.94. The smallest absolute Gasteiger partial charge is 0.270 e. The van der Waals surface area contributed by atoms with E-state index in [9.17, 15) is 9.18 Å². The van der Waals surface area contributed by atoms with Gasteiger partial charge in [-0.15, -0.1) is 0 Å². The van der Waals surface area contributed by atoms with E-state index in [2.05, 4.69) is 10.3 Å². The van der Waals surface area contributed by atoms with Crippen molar-refractivity contribution in [3.63, 3.8) is 0 Å². The van der Waals surface area contributed by atoms with Crippen LogP contribution >= 0.6 is 11.6 Å². The summed E-state index contributed by atoms with van der Waals surface area (Å²) in [6, 6.07) is 7.78. The predicted octanol–water partition coefficient (Wildman–Crippen LogP) is 2.59. The molecule has 1 fully saturated rings. The van der Waals surface area contributed by atoms with E-state index in [1.54, 1.807) is 23.2 Å². The van der Waals surface area contributed by atoms with E-state index in [0.717, 1.165) is 5.56 Å². The Morgan fingerprint density at radius 2 is 2.24 bits per heavy atom. The fourth-order valence-electron chi connectivity index (χ4n) is 2.61. The van der Waals surface area contributed by atoms with Crippen LogP contribution in [0.3, 0.4) is 0 Å². The molecule has 110 valence electrons. The maximum absolute atomic E-state index is 13.4. The molecule has 3 rings (SSSR count). The van der Waals surface area contributed by atoms with Crippen LogP contribution in [0.15, 0.2) is 36.5 Å². The second kappa shape index (κ2) is 5.87. The van der Waals surface area contributed by atoms with E-state index < -0.39 is 0 Å². The van der Waals surface area contributed by atoms with Gasteiger partial charge >= 0.3 is 0 Å². The number of aromatic amines is 1. The molecule has 0 aliphatic carbocycles. The van der Waals surface area contributed by atoms with Crippen molar-refractivity contribution in [1.29, 1.82) is 0 Å². The quantitative estimate of drug-likeness (QED) is 0.896. The number of rotatable bonds is 2. The van der Waals surface area contributed by atoms with Gasteiger partial charge in [-0.05, 0) is 23.8 Å². The third-order valence-electron chi connectivity index (χ3n) is 3.62. The second-order valence-electron chi connectivity index (χ2n) is 5.01. The molecule has 0 spiro atoms. The number of H-pyrrole nitrogens is 1. The summed E-state index contributed by atoms with van der Waals surface area (Å²) in [7, 11) is 0. The fourth-order valence-corrected chi connectivity index (χ4v) is 2.77. The normalized spacial score (nSPS) is 18.8. The molecule has 1 atom stereocenters. The molecule has 1 aliphatic rings. The Labute approximate surface area is 126 Å². The van der Waals surface area contributed by atoms with Crippen molar-refractivity contribution >= 4 is 17.5 Å². The summed E-state index contributed by atoms with van der Waals surface area (Å²) in [6.45, 7) is 1.88. The molecule has 0 saturated carbocycles. The Bertz CT molecular complexity index is 658. The second-order valence-corrected chi connectivity index (χ2v) is 5.44. The standard InChI is InChI=1S/C15H15ClFN3O/c16-11-7-13(19-8-11)15(21)20-5-4-18-9-14(20)10-2-1-3-12(17)6-10/h1-3,6-8,14,18-19H,4-5,9H2. The number of amides is 1. The first kappa shape index (κ1) is 14.1. The number of hydrogen-bond acceptors (Lipinski definition) is 2. The van der Waals surface area contributed by atoms with E-state index in [1.165, 1.54) is 12.1 Å². The zero-order valence-corrected chi connectivity index (χ0v) is 12.0. The maximum Gasteiger partial charge on any atom is 0.270 e. The van der Waals surface area contributed by atoms with Gasteiger partial charge in [0.1, 0.15) is 11.5 Å². The highest BCUT2D eigenvalue weighted by molar-refractivity contribution is 6.30. The first-order valence-corrected chi connectivity index (χ1v) is 7.14. The number of aromatic nitrogens is 1. The van der Waals surface area contributed by atoms with Crippen molar-refractivity contribution in [2.45, 2.75) is 6.04 Å². The molecule has 1 unspecified atom stereocenters. The molecule has 2 aromatic rings. The SMILES string of the molecule is O=C(c1cc(Cl)c[nH]1)N1CCNCC1c1cccc(F)c1. The molecule has 4 nitrogen and oxygen atoms in total. The first-order chi connectivity index (χ1) is 10.1. The predicted molar refractivity (Wildman–Crippen MR) is 78.8 cm³/mol. The first-order valence-electron chi connectivity index (χ1n) is 6.76. The van der Waals surface area contributed by atoms with Crippen molar-refractivity contribution < 1.29 is 9.18 Å². The minimum atomic E-state index is -0.298. The van der Waals surface area contributed by atoms with Gasteiger partial charge in [-0.3, -0.25) is 4.79 Å². The summed E-state index contributed by atoms with van der Waals surface area (Å²) in [5, 5.41) is 3.74. The lowest BCUT2D eigenvalue weighted by molar-refractivity contribution is 0.0628. The number of nitrogens with one attached hydrogen (secondary N) is 2. The Morgan fingerprint density at radius 3 is 2.95 bits per heavy atom. The molecule has 6 heteroatoms. The summed E-state index contributed by atoms with van der Waals surface area (Å²) in [4.78, 5) is 17.2. The third-order valence-corrected chi connectivity index (χ3v) is 3.83. The summed E-state index contributed by atoms with van der Waals surface area (Å²) in [5.74, 6) is -0.425. The molecule has 0 bridgehead atoms. The van der Waals surface area contributed by atoms with Crippen molar-refractivity contribution in [3.05, 3.63) is 58.6 Å². The molecule has 1 saturated heterocycles. The summed E-state index contributed by atoms with van der Waals surface area (Å²) in [6.07, 6.45) is 1.58. The lowest BCUT2D eigenvalue weighted by atomic mass is 10.0. The summed E-state index contributed by atoms with van der Waals surface area (Å²) in [5.41, 5.74) is 1.23. The monoisotopic (exact) mass is 307 g/mol. The van der Waals surface area contributed by atoms with Crippen LogP contribution in [0.5, 0.6) is 0 Å². The minimum Gasteiger partial charge on any atom is -0.356 e. The van der Waals surface area contributed by atoms with E-state index >= 15 is 0 Å². The van der Waals surface area contributed by atoms with Gasteiger partial charge in [-0.1, -0.05) is 23.7 Å². The van der Waals surface area contributed by atoms with Gasteiger partial charge in [0.15, 0.2) is 0 Å². The van der Waals surface area contributed by atoms with E-state index in [-0.39, 0.29) is 17.8 Å². The average Bonchev–Trinajstić information content (AvgIpc) is 2.93. The van der Waals surface area contributed by atoms with E-state index in [1.807, 2.05) is 6.07 Å². The maximum atomic E-state index is 13.4. The molecule has 21 heavy (non-hydrogen) atoms. The number of carbonyl (C=O) groups excluding carboxylic acids is 1. The molecular formula is C15H15ClFN3O. The van der Waals surface area contributed by atoms with Crippen molar-refractivity contribution in [1.82, 2.24) is 15.2 Å². The Morgan fingerprint density at radius 1 is 1.38 bits per heavy atom. The van der Waals surface area contributed by atoms with E-state index in [4.69, 9.17) is 11.6 Å². The molecule has 1 amide bonds. The molecule has 0 radical (unpaired) electrons. The molecule has 1 aliphatic heterocycles. The van der Waals surface area contributed by atoms with Gasteiger partial charge in [-0.2, -0.15) is 0 Å². The Hall–Kier alpha value is -1.85. The van der Waals surface area contributed by atoms with Crippen LogP contribution in [0.25, 0.3) is 0 Å². The molecule has 1 aromatic carbocycles. The van der Waals surface area contributed by atoms with Crippen LogP contribution in [0.4, 0.5) is 4.39 Å². The zero-order chi connectivity index (χ0) is 14.8. The van der Waals surface area contributed by atoms with Crippen LogP contribution in [-0.2, 0) is 0 Å². The molecular weight excluding hydrogens is 293 g/mol. The van der Waals surface area contributed by atoms with Gasteiger partial charge in [0.25, 0.3) is 5.91 Å². The topological polar surface area (TPSA) is 48.1 Å². The lowest BCUT2D eigenvalue weighted by Crippen LogP contribution is -2.48. The molecule has 2 heterocycles.